The van der Waals surface area contributed by atoms with Gasteiger partial charge >= 0.3 is 0 Å². The van der Waals surface area contributed by atoms with Gasteiger partial charge in [-0.3, -0.25) is 0 Å². The van der Waals surface area contributed by atoms with Crippen LogP contribution in [0, 0.1) is 0 Å². The van der Waals surface area contributed by atoms with Gasteiger partial charge in [0.25, 0.3) is 0 Å². The fourth-order valence-corrected chi connectivity index (χ4v) is 2.05. The van der Waals surface area contributed by atoms with Gasteiger partial charge in [-0.15, -0.1) is 0 Å². The van der Waals surface area contributed by atoms with E-state index in [0.29, 0.717) is 4.83 Å². The van der Waals surface area contributed by atoms with Crippen LogP contribution in [0.3, 0.4) is 0 Å². The monoisotopic (exact) mass is 246 g/mol. The lowest BCUT2D eigenvalue weighted by Gasteiger charge is -2.21. The molecule has 0 saturated heterocycles. The molecule has 0 radical (unpaired) electrons. The Morgan fingerprint density at radius 3 is 3.17 bits per heavy atom. The van der Waals surface area contributed by atoms with Gasteiger partial charge in [0.2, 0.25) is 0 Å². The molecule has 0 spiro atoms. The van der Waals surface area contributed by atoms with E-state index >= 15 is 0 Å². The van der Waals surface area contributed by atoms with Crippen molar-refractivity contribution in [2.24, 2.45) is 0 Å². The van der Waals surface area contributed by atoms with E-state index < -0.39 is 0 Å². The van der Waals surface area contributed by atoms with E-state index in [9.17, 15) is 0 Å². The zero-order valence-corrected chi connectivity index (χ0v) is 8.73. The van der Waals surface area contributed by atoms with Crippen LogP contribution in [0.4, 0.5) is 0 Å². The Hall–Kier alpha value is -0.210. The molecule has 2 rings (SSSR count). The molecular weight excluding hydrogens is 239 g/mol. The van der Waals surface area contributed by atoms with Crippen molar-refractivity contribution >= 4 is 27.5 Å². The summed E-state index contributed by atoms with van der Waals surface area (Å²) in [6.45, 7) is 0.767. The first-order chi connectivity index (χ1) is 5.77. The van der Waals surface area contributed by atoms with E-state index in [1.165, 1.54) is 5.56 Å². The Morgan fingerprint density at radius 2 is 2.33 bits per heavy atom. The lowest BCUT2D eigenvalue weighted by molar-refractivity contribution is 0.287. The van der Waals surface area contributed by atoms with E-state index in [1.807, 2.05) is 18.2 Å². The van der Waals surface area contributed by atoms with Crippen LogP contribution in [0.2, 0.25) is 5.02 Å². The second-order valence-corrected chi connectivity index (χ2v) is 4.33. The Morgan fingerprint density at radius 1 is 1.50 bits per heavy atom. The maximum absolute atomic E-state index is 5.83. The summed E-state index contributed by atoms with van der Waals surface area (Å²) in [6, 6.07) is 5.77. The third-order valence-electron chi connectivity index (χ3n) is 1.94. The van der Waals surface area contributed by atoms with Crippen molar-refractivity contribution in [1.82, 2.24) is 0 Å². The molecule has 1 aliphatic heterocycles. The van der Waals surface area contributed by atoms with Gasteiger partial charge in [-0.2, -0.15) is 0 Å². The molecule has 1 aromatic carbocycles. The maximum atomic E-state index is 5.83. The second kappa shape index (κ2) is 3.27. The van der Waals surface area contributed by atoms with Crippen molar-refractivity contribution in [2.75, 3.05) is 6.61 Å². The lowest BCUT2D eigenvalue weighted by atomic mass is 10.1. The largest absolute Gasteiger partial charge is 0.493 e. The predicted molar refractivity (Wildman–Crippen MR) is 53.2 cm³/mol. The molecule has 1 atom stereocenters. The number of halogens is 2. The van der Waals surface area contributed by atoms with Crippen LogP contribution < -0.4 is 4.74 Å². The molecule has 1 heterocycles. The van der Waals surface area contributed by atoms with Crippen LogP contribution in [0.5, 0.6) is 5.75 Å². The minimum atomic E-state index is 0.415. The van der Waals surface area contributed by atoms with Gasteiger partial charge in [0.15, 0.2) is 0 Å². The summed E-state index contributed by atoms with van der Waals surface area (Å²) < 4.78 is 5.46. The first kappa shape index (κ1) is 8.39. The van der Waals surface area contributed by atoms with Crippen LogP contribution in [0.15, 0.2) is 18.2 Å². The van der Waals surface area contributed by atoms with E-state index in [4.69, 9.17) is 16.3 Å². The molecule has 3 heteroatoms. The molecule has 1 unspecified atom stereocenters. The van der Waals surface area contributed by atoms with Gasteiger partial charge in [-0.05, 0) is 18.6 Å². The van der Waals surface area contributed by atoms with Crippen LogP contribution in [0.1, 0.15) is 16.8 Å². The van der Waals surface area contributed by atoms with Crippen molar-refractivity contribution < 1.29 is 4.74 Å². The highest BCUT2D eigenvalue weighted by atomic mass is 79.9. The van der Waals surface area contributed by atoms with Gasteiger partial charge in [0, 0.05) is 15.4 Å². The third-order valence-corrected chi connectivity index (χ3v) is 3.13. The van der Waals surface area contributed by atoms with Crippen molar-refractivity contribution in [3.8, 4) is 5.75 Å². The minimum absolute atomic E-state index is 0.415. The molecule has 1 aromatic rings. The van der Waals surface area contributed by atoms with Crippen LogP contribution in [-0.2, 0) is 0 Å². The first-order valence-corrected chi connectivity index (χ1v) is 5.13. The molecule has 0 aliphatic carbocycles. The molecule has 0 amide bonds. The summed E-state index contributed by atoms with van der Waals surface area (Å²) in [6.07, 6.45) is 1.02. The number of rotatable bonds is 0. The molecule has 64 valence electrons. The summed E-state index contributed by atoms with van der Waals surface area (Å²) in [5, 5.41) is 0.732. The van der Waals surface area contributed by atoms with Crippen molar-refractivity contribution in [2.45, 2.75) is 11.2 Å². The number of alkyl halides is 1. The number of benzene rings is 1. The van der Waals surface area contributed by atoms with Crippen LogP contribution >= 0.6 is 27.5 Å². The first-order valence-electron chi connectivity index (χ1n) is 3.83. The highest BCUT2D eigenvalue weighted by Gasteiger charge is 2.18. The average Bonchev–Trinajstić information content (AvgIpc) is 2.04. The number of hydrogen-bond acceptors (Lipinski definition) is 1. The highest BCUT2D eigenvalue weighted by Crippen LogP contribution is 2.38. The fourth-order valence-electron chi connectivity index (χ4n) is 1.32. The minimum Gasteiger partial charge on any atom is -0.493 e. The summed E-state index contributed by atoms with van der Waals surface area (Å²) in [5.41, 5.74) is 1.20. The van der Waals surface area contributed by atoms with Gasteiger partial charge in [0.1, 0.15) is 5.75 Å². The average molecular weight is 248 g/mol. The van der Waals surface area contributed by atoms with Crippen molar-refractivity contribution in [1.29, 1.82) is 0 Å². The lowest BCUT2D eigenvalue weighted by Crippen LogP contribution is -2.09. The predicted octanol–water partition coefficient (Wildman–Crippen LogP) is 3.56. The molecule has 0 aromatic heterocycles. The number of ether oxygens (including phenoxy) is 1. The molecule has 0 fully saturated rings. The molecule has 0 N–H and O–H groups in total. The SMILES string of the molecule is Clc1ccc2c(c1)OCCC2Br. The quantitative estimate of drug-likeness (QED) is 0.637. The molecule has 1 nitrogen and oxygen atoms in total. The van der Waals surface area contributed by atoms with Crippen LogP contribution in [-0.4, -0.2) is 6.61 Å². The Labute approximate surface area is 84.8 Å². The molecule has 1 aliphatic rings. The van der Waals surface area contributed by atoms with Crippen molar-refractivity contribution in [3.63, 3.8) is 0 Å². The Kier molecular flexibility index (Phi) is 2.28. The van der Waals surface area contributed by atoms with E-state index in [-0.39, 0.29) is 0 Å². The standard InChI is InChI=1S/C9H8BrClO/c10-8-3-4-12-9-5-6(11)1-2-7(8)9/h1-2,5,8H,3-4H2. The van der Waals surface area contributed by atoms with Gasteiger partial charge < -0.3 is 4.74 Å². The topological polar surface area (TPSA) is 9.23 Å². The fraction of sp³-hybridized carbons (Fsp3) is 0.333. The number of fused-ring (bicyclic) bond motifs is 1. The molecule has 12 heavy (non-hydrogen) atoms. The van der Waals surface area contributed by atoms with Gasteiger partial charge in [-0.1, -0.05) is 33.6 Å². The van der Waals surface area contributed by atoms with E-state index in [0.717, 1.165) is 23.8 Å². The Balaban J connectivity index is 2.46. The molecule has 0 bridgehead atoms. The van der Waals surface area contributed by atoms with Gasteiger partial charge in [0.05, 0.1) is 6.61 Å². The maximum Gasteiger partial charge on any atom is 0.125 e. The molecule has 0 saturated carbocycles. The smallest absolute Gasteiger partial charge is 0.125 e. The third kappa shape index (κ3) is 1.46. The van der Waals surface area contributed by atoms with Gasteiger partial charge in [-0.25, -0.2) is 0 Å². The second-order valence-electron chi connectivity index (χ2n) is 2.79. The summed E-state index contributed by atoms with van der Waals surface area (Å²) >= 11 is 9.42. The summed E-state index contributed by atoms with van der Waals surface area (Å²) in [4.78, 5) is 0.415. The summed E-state index contributed by atoms with van der Waals surface area (Å²) in [7, 11) is 0. The van der Waals surface area contributed by atoms with E-state index in [2.05, 4.69) is 15.9 Å². The van der Waals surface area contributed by atoms with Crippen LogP contribution in [0.25, 0.3) is 0 Å². The normalized spacial score (nSPS) is 21.3. The van der Waals surface area contributed by atoms with E-state index in [1.54, 1.807) is 0 Å². The molecular formula is C9H8BrClO. The zero-order valence-electron chi connectivity index (χ0n) is 6.39. The summed E-state index contributed by atoms with van der Waals surface area (Å²) in [5.74, 6) is 0.913. The highest BCUT2D eigenvalue weighted by molar-refractivity contribution is 9.09. The zero-order chi connectivity index (χ0) is 8.55. The Bertz CT molecular complexity index is 301. The van der Waals surface area contributed by atoms with Crippen molar-refractivity contribution in [3.05, 3.63) is 28.8 Å². The number of hydrogen-bond donors (Lipinski definition) is 0.